The molecule has 25 heavy (non-hydrogen) atoms. The first-order chi connectivity index (χ1) is 12.2. The Labute approximate surface area is 147 Å². The molecule has 126 valence electrons. The summed E-state index contributed by atoms with van der Waals surface area (Å²) >= 11 is 0. The summed E-state index contributed by atoms with van der Waals surface area (Å²) in [6.07, 6.45) is 1.13. The number of aromatic nitrogens is 1. The molecule has 3 rings (SSSR count). The predicted octanol–water partition coefficient (Wildman–Crippen LogP) is 3.83. The van der Waals surface area contributed by atoms with Gasteiger partial charge in [0.2, 0.25) is 0 Å². The molecule has 1 atom stereocenters. The molecular weight excluding hydrogens is 312 g/mol. The van der Waals surface area contributed by atoms with E-state index in [2.05, 4.69) is 22.4 Å². The molecule has 2 aromatic carbocycles. The molecule has 0 aliphatic rings. The molecule has 0 aliphatic heterocycles. The highest BCUT2D eigenvalue weighted by Gasteiger charge is 2.14. The average Bonchev–Trinajstić information content (AvgIpc) is 2.68. The summed E-state index contributed by atoms with van der Waals surface area (Å²) < 4.78 is 5.72. The van der Waals surface area contributed by atoms with Crippen LogP contribution in [0.25, 0.3) is 11.1 Å². The highest BCUT2D eigenvalue weighted by molar-refractivity contribution is 5.80. The maximum absolute atomic E-state index is 12.1. The Morgan fingerprint density at radius 2 is 1.64 bits per heavy atom. The largest absolute Gasteiger partial charge is 0.481 e. The van der Waals surface area contributed by atoms with Gasteiger partial charge in [-0.3, -0.25) is 9.78 Å². The maximum Gasteiger partial charge on any atom is 0.261 e. The molecule has 0 aliphatic carbocycles. The third-order valence-corrected chi connectivity index (χ3v) is 3.81. The highest BCUT2D eigenvalue weighted by atomic mass is 16.5. The lowest BCUT2D eigenvalue weighted by atomic mass is 10.1. The second-order valence-corrected chi connectivity index (χ2v) is 5.69. The van der Waals surface area contributed by atoms with Gasteiger partial charge in [-0.1, -0.05) is 48.5 Å². The lowest BCUT2D eigenvalue weighted by molar-refractivity contribution is -0.127. The topological polar surface area (TPSA) is 51.2 Å². The van der Waals surface area contributed by atoms with Crippen molar-refractivity contribution in [2.24, 2.45) is 0 Å². The summed E-state index contributed by atoms with van der Waals surface area (Å²) in [5, 5.41) is 2.83. The Kier molecular flexibility index (Phi) is 5.42. The number of nitrogens with zero attached hydrogens (tertiary/aromatic N) is 1. The molecular formula is C21H20N2O2. The van der Waals surface area contributed by atoms with Crippen LogP contribution in [0.4, 0.5) is 0 Å². The molecule has 4 nitrogen and oxygen atoms in total. The van der Waals surface area contributed by atoms with Crippen molar-refractivity contribution < 1.29 is 9.53 Å². The van der Waals surface area contributed by atoms with E-state index in [4.69, 9.17) is 4.74 Å². The van der Waals surface area contributed by atoms with E-state index in [0.717, 1.165) is 16.8 Å². The number of carbonyl (C=O) groups excluding carboxylic acids is 1. The first kappa shape index (κ1) is 16.7. The van der Waals surface area contributed by atoms with Crippen molar-refractivity contribution in [3.8, 4) is 16.9 Å². The fraction of sp³-hybridized carbons (Fsp3) is 0.143. The van der Waals surface area contributed by atoms with Gasteiger partial charge in [-0.2, -0.15) is 0 Å². The second-order valence-electron chi connectivity index (χ2n) is 5.69. The van der Waals surface area contributed by atoms with E-state index in [1.54, 1.807) is 13.1 Å². The highest BCUT2D eigenvalue weighted by Crippen LogP contribution is 2.22. The molecule has 0 spiro atoms. The number of hydrogen-bond acceptors (Lipinski definition) is 3. The number of hydrogen-bond donors (Lipinski definition) is 1. The van der Waals surface area contributed by atoms with Crippen LogP contribution in [0.1, 0.15) is 12.6 Å². The molecule has 1 N–H and O–H groups in total. The van der Waals surface area contributed by atoms with E-state index in [0.29, 0.717) is 12.3 Å². The maximum atomic E-state index is 12.1. The van der Waals surface area contributed by atoms with Crippen molar-refractivity contribution >= 4 is 5.91 Å². The summed E-state index contributed by atoms with van der Waals surface area (Å²) in [6, 6.07) is 23.5. The minimum Gasteiger partial charge on any atom is -0.481 e. The fourth-order valence-electron chi connectivity index (χ4n) is 2.44. The van der Waals surface area contributed by atoms with E-state index in [-0.39, 0.29) is 5.91 Å². The van der Waals surface area contributed by atoms with Crippen molar-refractivity contribution in [2.75, 3.05) is 0 Å². The minimum atomic E-state index is -0.578. The van der Waals surface area contributed by atoms with Crippen LogP contribution in [0, 0.1) is 0 Å². The Bertz CT molecular complexity index is 802. The van der Waals surface area contributed by atoms with Crippen molar-refractivity contribution in [1.82, 2.24) is 10.3 Å². The molecule has 1 aromatic heterocycles. The lowest BCUT2D eigenvalue weighted by Gasteiger charge is -2.15. The fourth-order valence-corrected chi connectivity index (χ4v) is 2.44. The minimum absolute atomic E-state index is 0.169. The summed E-state index contributed by atoms with van der Waals surface area (Å²) in [5.41, 5.74) is 3.07. The van der Waals surface area contributed by atoms with E-state index >= 15 is 0 Å². The molecule has 0 radical (unpaired) electrons. The lowest BCUT2D eigenvalue weighted by Crippen LogP contribution is -2.36. The van der Waals surface area contributed by atoms with Crippen LogP contribution < -0.4 is 10.1 Å². The van der Waals surface area contributed by atoms with Gasteiger partial charge in [0, 0.05) is 6.20 Å². The number of pyridine rings is 1. The third kappa shape index (κ3) is 4.67. The third-order valence-electron chi connectivity index (χ3n) is 3.81. The Morgan fingerprint density at radius 1 is 0.960 bits per heavy atom. The summed E-state index contributed by atoms with van der Waals surface area (Å²) in [4.78, 5) is 16.3. The first-order valence-corrected chi connectivity index (χ1v) is 8.22. The number of benzene rings is 2. The second kappa shape index (κ2) is 8.11. The molecule has 0 unspecified atom stereocenters. The van der Waals surface area contributed by atoms with E-state index in [1.807, 2.05) is 60.7 Å². The molecule has 1 heterocycles. The van der Waals surface area contributed by atoms with Gasteiger partial charge in [0.05, 0.1) is 12.2 Å². The average molecular weight is 332 g/mol. The Morgan fingerprint density at radius 3 is 2.32 bits per heavy atom. The van der Waals surface area contributed by atoms with E-state index < -0.39 is 6.10 Å². The van der Waals surface area contributed by atoms with Gasteiger partial charge >= 0.3 is 0 Å². The molecule has 0 saturated heterocycles. The van der Waals surface area contributed by atoms with Gasteiger partial charge in [-0.25, -0.2) is 0 Å². The number of rotatable bonds is 6. The molecule has 0 bridgehead atoms. The summed E-state index contributed by atoms with van der Waals surface area (Å²) in [5.74, 6) is 0.498. The quantitative estimate of drug-likeness (QED) is 0.746. The van der Waals surface area contributed by atoms with Crippen LogP contribution in [-0.4, -0.2) is 17.0 Å². The van der Waals surface area contributed by atoms with Crippen molar-refractivity contribution in [3.05, 3.63) is 84.7 Å². The van der Waals surface area contributed by atoms with Crippen LogP contribution in [-0.2, 0) is 11.3 Å². The predicted molar refractivity (Wildman–Crippen MR) is 98.1 cm³/mol. The molecule has 4 heteroatoms. The number of nitrogens with one attached hydrogen (secondary N) is 1. The Balaban J connectivity index is 1.55. The van der Waals surface area contributed by atoms with Crippen LogP contribution in [0.3, 0.4) is 0 Å². The van der Waals surface area contributed by atoms with E-state index in [9.17, 15) is 4.79 Å². The zero-order chi connectivity index (χ0) is 17.5. The van der Waals surface area contributed by atoms with Crippen molar-refractivity contribution in [3.63, 3.8) is 0 Å². The van der Waals surface area contributed by atoms with Gasteiger partial charge in [0.25, 0.3) is 5.91 Å². The number of ether oxygens (including phenoxy) is 1. The van der Waals surface area contributed by atoms with Crippen molar-refractivity contribution in [2.45, 2.75) is 19.6 Å². The number of carbonyl (C=O) groups is 1. The van der Waals surface area contributed by atoms with Gasteiger partial charge in [-0.05, 0) is 42.3 Å². The van der Waals surface area contributed by atoms with Crippen LogP contribution in [0.5, 0.6) is 5.75 Å². The SMILES string of the molecule is C[C@H](Oc1ccc(-c2ccccc2)cc1)C(=O)NCc1ccccn1. The number of amides is 1. The normalized spacial score (nSPS) is 11.6. The van der Waals surface area contributed by atoms with Gasteiger partial charge in [0.15, 0.2) is 6.10 Å². The van der Waals surface area contributed by atoms with E-state index in [1.165, 1.54) is 0 Å². The summed E-state index contributed by atoms with van der Waals surface area (Å²) in [6.45, 7) is 2.12. The monoisotopic (exact) mass is 332 g/mol. The summed E-state index contributed by atoms with van der Waals surface area (Å²) in [7, 11) is 0. The van der Waals surface area contributed by atoms with Gasteiger partial charge in [-0.15, -0.1) is 0 Å². The standard InChI is InChI=1S/C21H20N2O2/c1-16(21(24)23-15-19-9-5-6-14-22-19)25-20-12-10-18(11-13-20)17-7-3-2-4-8-17/h2-14,16H,15H2,1H3,(H,23,24)/t16-/m0/s1. The molecule has 0 fully saturated rings. The van der Waals surface area contributed by atoms with Crippen LogP contribution >= 0.6 is 0 Å². The van der Waals surface area contributed by atoms with Gasteiger partial charge in [0.1, 0.15) is 5.75 Å². The smallest absolute Gasteiger partial charge is 0.261 e. The Hall–Kier alpha value is -3.14. The van der Waals surface area contributed by atoms with Crippen LogP contribution in [0.15, 0.2) is 79.0 Å². The van der Waals surface area contributed by atoms with Crippen LogP contribution in [0.2, 0.25) is 0 Å². The molecule has 0 saturated carbocycles. The van der Waals surface area contributed by atoms with Gasteiger partial charge < -0.3 is 10.1 Å². The molecule has 3 aromatic rings. The van der Waals surface area contributed by atoms with Crippen molar-refractivity contribution in [1.29, 1.82) is 0 Å². The first-order valence-electron chi connectivity index (χ1n) is 8.22. The zero-order valence-electron chi connectivity index (χ0n) is 14.1. The zero-order valence-corrected chi connectivity index (χ0v) is 14.1. The molecule has 1 amide bonds.